The fourth-order valence-electron chi connectivity index (χ4n) is 2.27. The standard InChI is InChI=1S/C17H22N4O3/c1-11(2)15(17(23)18-14-9-10-21(3)20-14)19-16(22)12-7-5-6-8-13(12)24-4/h5-11,15H,1-4H3,(H,19,22)(H,18,20,23). The van der Waals surface area contributed by atoms with Crippen LogP contribution in [0.1, 0.15) is 24.2 Å². The summed E-state index contributed by atoms with van der Waals surface area (Å²) in [5.74, 6) is 0.143. The van der Waals surface area contributed by atoms with Crippen molar-refractivity contribution < 1.29 is 14.3 Å². The van der Waals surface area contributed by atoms with Gasteiger partial charge >= 0.3 is 0 Å². The molecule has 1 atom stereocenters. The highest BCUT2D eigenvalue weighted by atomic mass is 16.5. The molecule has 0 saturated carbocycles. The van der Waals surface area contributed by atoms with Gasteiger partial charge in [0.25, 0.3) is 5.91 Å². The third kappa shape index (κ3) is 4.13. The smallest absolute Gasteiger partial charge is 0.255 e. The average molecular weight is 330 g/mol. The number of rotatable bonds is 6. The Balaban J connectivity index is 2.13. The fourth-order valence-corrected chi connectivity index (χ4v) is 2.27. The van der Waals surface area contributed by atoms with E-state index in [1.807, 2.05) is 13.8 Å². The second-order valence-corrected chi connectivity index (χ2v) is 5.76. The first-order valence-electron chi connectivity index (χ1n) is 7.66. The predicted octanol–water partition coefficient (Wildman–Crippen LogP) is 1.82. The molecule has 2 rings (SSSR count). The van der Waals surface area contributed by atoms with E-state index in [2.05, 4.69) is 15.7 Å². The molecule has 0 radical (unpaired) electrons. The Morgan fingerprint density at radius 3 is 2.50 bits per heavy atom. The maximum atomic E-state index is 12.5. The SMILES string of the molecule is COc1ccccc1C(=O)NC(C(=O)Nc1ccn(C)n1)C(C)C. The maximum Gasteiger partial charge on any atom is 0.255 e. The van der Waals surface area contributed by atoms with Crippen LogP contribution in [0.15, 0.2) is 36.5 Å². The number of carbonyl (C=O) groups excluding carboxylic acids is 2. The van der Waals surface area contributed by atoms with E-state index >= 15 is 0 Å². The van der Waals surface area contributed by atoms with Crippen LogP contribution in [0.25, 0.3) is 0 Å². The summed E-state index contributed by atoms with van der Waals surface area (Å²) in [6, 6.07) is 7.88. The number of aryl methyl sites for hydroxylation is 1. The predicted molar refractivity (Wildman–Crippen MR) is 90.9 cm³/mol. The van der Waals surface area contributed by atoms with Crippen molar-refractivity contribution in [3.8, 4) is 5.75 Å². The van der Waals surface area contributed by atoms with Gasteiger partial charge in [-0.3, -0.25) is 14.3 Å². The second-order valence-electron chi connectivity index (χ2n) is 5.76. The molecule has 0 aliphatic rings. The third-order valence-corrected chi connectivity index (χ3v) is 3.55. The van der Waals surface area contributed by atoms with Crippen LogP contribution in [0, 0.1) is 5.92 Å². The summed E-state index contributed by atoms with van der Waals surface area (Å²) in [5, 5.41) is 9.59. The Morgan fingerprint density at radius 2 is 1.92 bits per heavy atom. The highest BCUT2D eigenvalue weighted by Crippen LogP contribution is 2.18. The molecule has 0 saturated heterocycles. The molecule has 0 fully saturated rings. The van der Waals surface area contributed by atoms with Crippen LogP contribution in [0.4, 0.5) is 5.82 Å². The largest absolute Gasteiger partial charge is 0.496 e. The zero-order chi connectivity index (χ0) is 17.7. The lowest BCUT2D eigenvalue weighted by atomic mass is 10.0. The minimum absolute atomic E-state index is 0.0904. The van der Waals surface area contributed by atoms with Gasteiger partial charge in [-0.05, 0) is 18.1 Å². The molecule has 0 spiro atoms. The lowest BCUT2D eigenvalue weighted by Gasteiger charge is -2.21. The summed E-state index contributed by atoms with van der Waals surface area (Å²) in [5.41, 5.74) is 0.385. The van der Waals surface area contributed by atoms with Gasteiger partial charge in [0.05, 0.1) is 12.7 Å². The Labute approximate surface area is 141 Å². The molecule has 7 nitrogen and oxygen atoms in total. The zero-order valence-corrected chi connectivity index (χ0v) is 14.2. The van der Waals surface area contributed by atoms with Crippen molar-refractivity contribution in [2.24, 2.45) is 13.0 Å². The molecule has 2 N–H and O–H groups in total. The van der Waals surface area contributed by atoms with E-state index in [0.29, 0.717) is 17.1 Å². The Morgan fingerprint density at radius 1 is 1.21 bits per heavy atom. The van der Waals surface area contributed by atoms with Gasteiger partial charge in [0.2, 0.25) is 5.91 Å². The van der Waals surface area contributed by atoms with E-state index < -0.39 is 6.04 Å². The van der Waals surface area contributed by atoms with Crippen LogP contribution >= 0.6 is 0 Å². The number of nitrogens with one attached hydrogen (secondary N) is 2. The first-order valence-corrected chi connectivity index (χ1v) is 7.66. The number of benzene rings is 1. The van der Waals surface area contributed by atoms with Gasteiger partial charge in [0.15, 0.2) is 5.82 Å². The summed E-state index contributed by atoms with van der Waals surface area (Å²) >= 11 is 0. The molecular formula is C17H22N4O3. The molecule has 0 aliphatic carbocycles. The molecule has 1 aromatic carbocycles. The van der Waals surface area contributed by atoms with E-state index in [1.54, 1.807) is 48.3 Å². The van der Waals surface area contributed by atoms with Crippen LogP contribution in [0.3, 0.4) is 0 Å². The molecule has 1 heterocycles. The quantitative estimate of drug-likeness (QED) is 0.846. The van der Waals surface area contributed by atoms with Gasteiger partial charge in [-0.1, -0.05) is 26.0 Å². The van der Waals surface area contributed by atoms with Crippen molar-refractivity contribution in [1.29, 1.82) is 0 Å². The van der Waals surface area contributed by atoms with Crippen molar-refractivity contribution in [2.75, 3.05) is 12.4 Å². The van der Waals surface area contributed by atoms with Crippen molar-refractivity contribution in [3.05, 3.63) is 42.1 Å². The highest BCUT2D eigenvalue weighted by molar-refractivity contribution is 6.02. The fraction of sp³-hybridized carbons (Fsp3) is 0.353. The molecule has 0 bridgehead atoms. The minimum Gasteiger partial charge on any atom is -0.496 e. The molecular weight excluding hydrogens is 308 g/mol. The van der Waals surface area contributed by atoms with Gasteiger partial charge in [-0.2, -0.15) is 5.10 Å². The first-order chi connectivity index (χ1) is 11.4. The first kappa shape index (κ1) is 17.5. The molecule has 1 unspecified atom stereocenters. The Bertz CT molecular complexity index is 724. The molecule has 128 valence electrons. The monoisotopic (exact) mass is 330 g/mol. The molecule has 7 heteroatoms. The normalized spacial score (nSPS) is 11.9. The van der Waals surface area contributed by atoms with E-state index in [9.17, 15) is 9.59 Å². The van der Waals surface area contributed by atoms with Crippen LogP contribution in [-0.2, 0) is 11.8 Å². The van der Waals surface area contributed by atoms with Gasteiger partial charge in [0, 0.05) is 19.3 Å². The summed E-state index contributed by atoms with van der Waals surface area (Å²) in [6.45, 7) is 3.73. The lowest BCUT2D eigenvalue weighted by Crippen LogP contribution is -2.47. The number of ether oxygens (including phenoxy) is 1. The topological polar surface area (TPSA) is 85.2 Å². The van der Waals surface area contributed by atoms with Crippen molar-refractivity contribution in [1.82, 2.24) is 15.1 Å². The second kappa shape index (κ2) is 7.63. The number of amides is 2. The third-order valence-electron chi connectivity index (χ3n) is 3.55. The number of hydrogen-bond acceptors (Lipinski definition) is 4. The van der Waals surface area contributed by atoms with Crippen molar-refractivity contribution in [2.45, 2.75) is 19.9 Å². The number of anilines is 1. The molecule has 0 aliphatic heterocycles. The summed E-state index contributed by atoms with van der Waals surface area (Å²) in [4.78, 5) is 25.0. The maximum absolute atomic E-state index is 12.5. The molecule has 1 aromatic heterocycles. The van der Waals surface area contributed by atoms with Gasteiger partial charge in [-0.25, -0.2) is 0 Å². The van der Waals surface area contributed by atoms with E-state index in [4.69, 9.17) is 4.74 Å². The van der Waals surface area contributed by atoms with E-state index in [1.165, 1.54) is 7.11 Å². The summed E-state index contributed by atoms with van der Waals surface area (Å²) in [6.07, 6.45) is 1.73. The average Bonchev–Trinajstić information content (AvgIpc) is 2.96. The van der Waals surface area contributed by atoms with Crippen molar-refractivity contribution >= 4 is 17.6 Å². The van der Waals surface area contributed by atoms with Gasteiger partial charge in [0.1, 0.15) is 11.8 Å². The number of aromatic nitrogens is 2. The van der Waals surface area contributed by atoms with Crippen LogP contribution in [0.5, 0.6) is 5.75 Å². The summed E-state index contributed by atoms with van der Waals surface area (Å²) in [7, 11) is 3.26. The van der Waals surface area contributed by atoms with E-state index in [-0.39, 0.29) is 17.7 Å². The molecule has 2 amide bonds. The number of methoxy groups -OCH3 is 1. The number of carbonyl (C=O) groups is 2. The molecule has 2 aromatic rings. The molecule has 24 heavy (non-hydrogen) atoms. The van der Waals surface area contributed by atoms with Crippen LogP contribution in [0.2, 0.25) is 0 Å². The van der Waals surface area contributed by atoms with Crippen LogP contribution < -0.4 is 15.4 Å². The van der Waals surface area contributed by atoms with Crippen LogP contribution in [-0.4, -0.2) is 34.7 Å². The number of nitrogens with zero attached hydrogens (tertiary/aromatic N) is 2. The van der Waals surface area contributed by atoms with Gasteiger partial charge < -0.3 is 15.4 Å². The Kier molecular flexibility index (Phi) is 5.57. The number of hydrogen-bond donors (Lipinski definition) is 2. The van der Waals surface area contributed by atoms with Crippen molar-refractivity contribution in [3.63, 3.8) is 0 Å². The van der Waals surface area contributed by atoms with Gasteiger partial charge in [-0.15, -0.1) is 0 Å². The Hall–Kier alpha value is -2.83. The summed E-state index contributed by atoms with van der Waals surface area (Å²) < 4.78 is 6.78. The minimum atomic E-state index is -0.690. The lowest BCUT2D eigenvalue weighted by molar-refractivity contribution is -0.118. The van der Waals surface area contributed by atoms with E-state index in [0.717, 1.165) is 0 Å². The highest BCUT2D eigenvalue weighted by Gasteiger charge is 2.26. The zero-order valence-electron chi connectivity index (χ0n) is 14.2. The number of para-hydroxylation sites is 1.